The number of hydrogen-bond donors (Lipinski definition) is 1. The van der Waals surface area contributed by atoms with Crippen molar-refractivity contribution < 1.29 is 19.3 Å². The minimum absolute atomic E-state index is 0.0895. The third kappa shape index (κ3) is 5.44. The molecule has 0 spiro atoms. The van der Waals surface area contributed by atoms with E-state index in [9.17, 15) is 14.9 Å². The van der Waals surface area contributed by atoms with Gasteiger partial charge in [-0.2, -0.15) is 0 Å². The number of ether oxygens (including phenoxy) is 1. The van der Waals surface area contributed by atoms with Gasteiger partial charge in [0.25, 0.3) is 5.69 Å². The van der Waals surface area contributed by atoms with Crippen LogP contribution >= 0.6 is 27.5 Å². The van der Waals surface area contributed by atoms with Gasteiger partial charge in [0, 0.05) is 22.2 Å². The average Bonchev–Trinajstić information content (AvgIpc) is 2.59. The van der Waals surface area contributed by atoms with Gasteiger partial charge in [0.1, 0.15) is 5.75 Å². The van der Waals surface area contributed by atoms with Crippen molar-refractivity contribution in [2.24, 2.45) is 10.9 Å². The fourth-order valence-electron chi connectivity index (χ4n) is 1.66. The molecular weight excluding hydrogens is 418 g/mol. The number of halogens is 2. The van der Waals surface area contributed by atoms with Crippen LogP contribution in [0.5, 0.6) is 5.75 Å². The van der Waals surface area contributed by atoms with E-state index in [2.05, 4.69) is 25.9 Å². The van der Waals surface area contributed by atoms with Gasteiger partial charge >= 0.3 is 5.97 Å². The Morgan fingerprint density at radius 1 is 1.28 bits per heavy atom. The molecule has 0 fully saturated rings. The highest BCUT2D eigenvalue weighted by Crippen LogP contribution is 2.27. The van der Waals surface area contributed by atoms with Crippen LogP contribution in [0.3, 0.4) is 0 Å². The summed E-state index contributed by atoms with van der Waals surface area (Å²) >= 11 is 9.20. The van der Waals surface area contributed by atoms with Crippen LogP contribution in [0.25, 0.3) is 0 Å². The van der Waals surface area contributed by atoms with Crippen molar-refractivity contribution >= 4 is 45.0 Å². The molecule has 0 aromatic heterocycles. The number of nitrogens with zero attached hydrogens (tertiary/aromatic N) is 2. The van der Waals surface area contributed by atoms with E-state index in [1.54, 1.807) is 18.2 Å². The lowest BCUT2D eigenvalue weighted by Crippen LogP contribution is -2.18. The van der Waals surface area contributed by atoms with Crippen LogP contribution in [0, 0.1) is 10.1 Å². The van der Waals surface area contributed by atoms with Crippen molar-refractivity contribution in [1.82, 2.24) is 0 Å². The number of benzene rings is 2. The molecule has 0 aliphatic carbocycles. The first kappa shape index (κ1) is 18.7. The van der Waals surface area contributed by atoms with Crippen molar-refractivity contribution in [3.8, 4) is 5.75 Å². The summed E-state index contributed by atoms with van der Waals surface area (Å²) in [6.45, 7) is -0.418. The molecule has 0 atom stereocenters. The molecule has 0 bridgehead atoms. The van der Waals surface area contributed by atoms with E-state index in [1.807, 2.05) is 0 Å². The lowest BCUT2D eigenvalue weighted by atomic mass is 10.2. The minimum Gasteiger partial charge on any atom is -0.480 e. The molecule has 0 aliphatic heterocycles. The van der Waals surface area contributed by atoms with Gasteiger partial charge in [0.15, 0.2) is 12.4 Å². The van der Waals surface area contributed by atoms with E-state index in [0.29, 0.717) is 16.3 Å². The van der Waals surface area contributed by atoms with Crippen LogP contribution in [0.1, 0.15) is 5.56 Å². The van der Waals surface area contributed by atoms with E-state index in [4.69, 9.17) is 22.1 Å². The predicted molar refractivity (Wildman–Crippen MR) is 94.6 cm³/mol. The Kier molecular flexibility index (Phi) is 6.31. The standard InChI is InChI=1S/C15H11BrClN3O5/c16-10-3-6-13(12(17)7-10)24-8-14(21)25-19-15(18)9-1-4-11(5-2-9)20(22)23/h1-7H,8H2,(H2,18,19). The molecule has 0 heterocycles. The lowest BCUT2D eigenvalue weighted by Gasteiger charge is -2.06. The number of rotatable bonds is 6. The average molecular weight is 429 g/mol. The summed E-state index contributed by atoms with van der Waals surface area (Å²) in [6.07, 6.45) is 0. The van der Waals surface area contributed by atoms with Gasteiger partial charge in [-0.3, -0.25) is 10.1 Å². The minimum atomic E-state index is -0.788. The molecule has 8 nitrogen and oxygen atoms in total. The van der Waals surface area contributed by atoms with E-state index in [-0.39, 0.29) is 11.5 Å². The largest absolute Gasteiger partial charge is 0.480 e. The van der Waals surface area contributed by atoms with Crippen LogP contribution in [0.4, 0.5) is 5.69 Å². The molecule has 2 N–H and O–H groups in total. The molecule has 0 saturated heterocycles. The molecular formula is C15H11BrClN3O5. The first-order valence-electron chi connectivity index (χ1n) is 6.73. The van der Waals surface area contributed by atoms with Crippen molar-refractivity contribution in [1.29, 1.82) is 0 Å². The highest BCUT2D eigenvalue weighted by Gasteiger charge is 2.10. The normalized spacial score (nSPS) is 11.0. The third-order valence-electron chi connectivity index (χ3n) is 2.86. The molecule has 0 radical (unpaired) electrons. The molecule has 2 rings (SSSR count). The number of nitro benzene ring substituents is 1. The second-order valence-electron chi connectivity index (χ2n) is 4.61. The Balaban J connectivity index is 1.91. The van der Waals surface area contributed by atoms with Crippen LogP contribution in [0.2, 0.25) is 5.02 Å². The van der Waals surface area contributed by atoms with Crippen LogP contribution in [-0.2, 0) is 9.63 Å². The maximum absolute atomic E-state index is 11.6. The predicted octanol–water partition coefficient (Wildman–Crippen LogP) is 3.25. The summed E-state index contributed by atoms with van der Waals surface area (Å²) in [7, 11) is 0. The van der Waals surface area contributed by atoms with E-state index < -0.39 is 17.5 Å². The quantitative estimate of drug-likeness (QED) is 0.248. The zero-order valence-electron chi connectivity index (χ0n) is 12.5. The van der Waals surface area contributed by atoms with Gasteiger partial charge in [-0.05, 0) is 30.3 Å². The number of carbonyl (C=O) groups excluding carboxylic acids is 1. The van der Waals surface area contributed by atoms with Gasteiger partial charge in [0.05, 0.1) is 9.95 Å². The summed E-state index contributed by atoms with van der Waals surface area (Å²) < 4.78 is 5.99. The molecule has 2 aromatic carbocycles. The van der Waals surface area contributed by atoms with Gasteiger partial charge in [-0.15, -0.1) is 0 Å². The van der Waals surface area contributed by atoms with Crippen LogP contribution in [-0.4, -0.2) is 23.3 Å². The molecule has 0 aliphatic rings. The third-order valence-corrected chi connectivity index (χ3v) is 3.65. The summed E-state index contributed by atoms with van der Waals surface area (Å²) in [6, 6.07) is 10.2. The van der Waals surface area contributed by atoms with E-state index in [1.165, 1.54) is 24.3 Å². The van der Waals surface area contributed by atoms with Gasteiger partial charge in [-0.1, -0.05) is 32.7 Å². The molecule has 0 unspecified atom stereocenters. The first-order chi connectivity index (χ1) is 11.9. The van der Waals surface area contributed by atoms with E-state index >= 15 is 0 Å². The van der Waals surface area contributed by atoms with Gasteiger partial charge in [0.2, 0.25) is 0 Å². The van der Waals surface area contributed by atoms with Crippen LogP contribution < -0.4 is 10.5 Å². The van der Waals surface area contributed by atoms with Crippen molar-refractivity contribution in [2.75, 3.05) is 6.61 Å². The Morgan fingerprint density at radius 3 is 2.56 bits per heavy atom. The van der Waals surface area contributed by atoms with E-state index in [0.717, 1.165) is 4.47 Å². The smallest absolute Gasteiger partial charge is 0.372 e. The molecule has 10 heteroatoms. The van der Waals surface area contributed by atoms with Gasteiger partial charge < -0.3 is 15.3 Å². The number of carbonyl (C=O) groups is 1. The lowest BCUT2D eigenvalue weighted by molar-refractivity contribution is -0.384. The number of amidine groups is 1. The highest BCUT2D eigenvalue weighted by atomic mass is 79.9. The maximum Gasteiger partial charge on any atom is 0.372 e. The second-order valence-corrected chi connectivity index (χ2v) is 5.93. The fraction of sp³-hybridized carbons (Fsp3) is 0.0667. The molecule has 25 heavy (non-hydrogen) atoms. The molecule has 0 saturated carbocycles. The van der Waals surface area contributed by atoms with Crippen LogP contribution in [0.15, 0.2) is 52.1 Å². The second kappa shape index (κ2) is 8.45. The Labute approximate surface area is 155 Å². The monoisotopic (exact) mass is 427 g/mol. The Morgan fingerprint density at radius 2 is 1.96 bits per heavy atom. The number of nitrogens with two attached hydrogens (primary N) is 1. The molecule has 0 amide bonds. The molecule has 130 valence electrons. The zero-order chi connectivity index (χ0) is 18.4. The zero-order valence-corrected chi connectivity index (χ0v) is 14.9. The number of non-ortho nitro benzene ring substituents is 1. The molecule has 2 aromatic rings. The summed E-state index contributed by atoms with van der Waals surface area (Å²) in [4.78, 5) is 26.3. The SMILES string of the molecule is NC(=NOC(=O)COc1ccc(Br)cc1Cl)c1ccc([N+](=O)[O-])cc1. The topological polar surface area (TPSA) is 117 Å². The maximum atomic E-state index is 11.6. The van der Waals surface area contributed by atoms with Crippen molar-refractivity contribution in [3.63, 3.8) is 0 Å². The number of oxime groups is 1. The first-order valence-corrected chi connectivity index (χ1v) is 7.90. The van der Waals surface area contributed by atoms with Crippen molar-refractivity contribution in [2.45, 2.75) is 0 Å². The number of hydrogen-bond acceptors (Lipinski definition) is 6. The van der Waals surface area contributed by atoms with Gasteiger partial charge in [-0.25, -0.2) is 4.79 Å². The fourth-order valence-corrected chi connectivity index (χ4v) is 2.39. The Bertz CT molecular complexity index is 826. The van der Waals surface area contributed by atoms with Crippen molar-refractivity contribution in [3.05, 3.63) is 67.6 Å². The number of nitro groups is 1. The summed E-state index contributed by atoms with van der Waals surface area (Å²) in [5, 5.41) is 14.4. The highest BCUT2D eigenvalue weighted by molar-refractivity contribution is 9.10. The summed E-state index contributed by atoms with van der Waals surface area (Å²) in [5.74, 6) is -0.581. The summed E-state index contributed by atoms with van der Waals surface area (Å²) in [5.41, 5.74) is 5.93. The Hall–Kier alpha value is -2.65.